The minimum Gasteiger partial charge on any atom is -0.482 e. The Morgan fingerprint density at radius 2 is 2.00 bits per heavy atom. The summed E-state index contributed by atoms with van der Waals surface area (Å²) in [4.78, 5) is 24.4. The molecule has 1 aliphatic heterocycles. The minimum atomic E-state index is -1.03. The van der Waals surface area contributed by atoms with Crippen LogP contribution in [0.5, 0.6) is 5.75 Å². The summed E-state index contributed by atoms with van der Waals surface area (Å²) < 4.78 is 5.03. The molecule has 1 amide bonds. The Kier molecular flexibility index (Phi) is 4.40. The van der Waals surface area contributed by atoms with E-state index in [4.69, 9.17) is 9.84 Å². The van der Waals surface area contributed by atoms with E-state index in [-0.39, 0.29) is 12.5 Å². The first-order valence-corrected chi connectivity index (χ1v) is 6.46. The molecule has 0 aromatic heterocycles. The topological polar surface area (TPSA) is 66.8 Å². The van der Waals surface area contributed by atoms with E-state index in [1.54, 1.807) is 29.2 Å². The molecule has 20 heavy (non-hydrogen) atoms. The van der Waals surface area contributed by atoms with Crippen LogP contribution in [0, 0.1) is 0 Å². The van der Waals surface area contributed by atoms with E-state index < -0.39 is 5.97 Å². The number of nitrogens with zero attached hydrogens (tertiary/aromatic N) is 1. The molecule has 1 N–H and O–H groups in total. The molecule has 1 aromatic carbocycles. The minimum absolute atomic E-state index is 0.0152. The van der Waals surface area contributed by atoms with Gasteiger partial charge in [0.15, 0.2) is 6.61 Å². The highest BCUT2D eigenvalue weighted by Crippen LogP contribution is 2.16. The summed E-state index contributed by atoms with van der Waals surface area (Å²) in [5.41, 5.74) is 1.90. The van der Waals surface area contributed by atoms with Gasteiger partial charge in [0.1, 0.15) is 5.75 Å². The van der Waals surface area contributed by atoms with E-state index in [0.29, 0.717) is 17.9 Å². The van der Waals surface area contributed by atoms with Gasteiger partial charge in [0.2, 0.25) is 0 Å². The maximum Gasteiger partial charge on any atom is 0.341 e. The van der Waals surface area contributed by atoms with E-state index in [2.05, 4.69) is 13.0 Å². The fourth-order valence-electron chi connectivity index (χ4n) is 1.98. The van der Waals surface area contributed by atoms with Crippen molar-refractivity contribution in [3.05, 3.63) is 41.5 Å². The molecule has 106 valence electrons. The van der Waals surface area contributed by atoms with Gasteiger partial charge in [-0.05, 0) is 37.6 Å². The second-order valence-electron chi connectivity index (χ2n) is 4.76. The molecule has 1 aliphatic rings. The van der Waals surface area contributed by atoms with Gasteiger partial charge in [-0.15, -0.1) is 0 Å². The lowest BCUT2D eigenvalue weighted by molar-refractivity contribution is -0.139. The van der Waals surface area contributed by atoms with Crippen molar-refractivity contribution in [3.63, 3.8) is 0 Å². The van der Waals surface area contributed by atoms with Gasteiger partial charge < -0.3 is 14.7 Å². The third-order valence-corrected chi connectivity index (χ3v) is 3.19. The van der Waals surface area contributed by atoms with Crippen LogP contribution in [0.15, 0.2) is 35.9 Å². The summed E-state index contributed by atoms with van der Waals surface area (Å²) in [5, 5.41) is 8.52. The fraction of sp³-hybridized carbons (Fsp3) is 0.333. The summed E-state index contributed by atoms with van der Waals surface area (Å²) in [6, 6.07) is 6.54. The van der Waals surface area contributed by atoms with Crippen LogP contribution < -0.4 is 4.74 Å². The van der Waals surface area contributed by atoms with Crippen molar-refractivity contribution in [2.45, 2.75) is 13.3 Å². The summed E-state index contributed by atoms with van der Waals surface area (Å²) in [5.74, 6) is -0.600. The zero-order chi connectivity index (χ0) is 14.5. The second kappa shape index (κ2) is 6.23. The molecule has 5 nitrogen and oxygen atoms in total. The average molecular weight is 275 g/mol. The van der Waals surface area contributed by atoms with Gasteiger partial charge in [0.05, 0.1) is 0 Å². The first-order valence-electron chi connectivity index (χ1n) is 6.46. The second-order valence-corrected chi connectivity index (χ2v) is 4.76. The van der Waals surface area contributed by atoms with Crippen molar-refractivity contribution >= 4 is 11.9 Å². The molecule has 0 fully saturated rings. The van der Waals surface area contributed by atoms with E-state index in [0.717, 1.165) is 13.0 Å². The highest BCUT2D eigenvalue weighted by Gasteiger charge is 2.17. The van der Waals surface area contributed by atoms with Crippen LogP contribution >= 0.6 is 0 Å². The number of hydrogen-bond donors (Lipinski definition) is 1. The van der Waals surface area contributed by atoms with Gasteiger partial charge in [-0.25, -0.2) is 4.79 Å². The summed E-state index contributed by atoms with van der Waals surface area (Å²) in [6.07, 6.45) is 2.97. The Hall–Kier alpha value is -2.30. The van der Waals surface area contributed by atoms with Crippen LogP contribution in [0.3, 0.4) is 0 Å². The smallest absolute Gasteiger partial charge is 0.341 e. The van der Waals surface area contributed by atoms with E-state index >= 15 is 0 Å². The summed E-state index contributed by atoms with van der Waals surface area (Å²) in [7, 11) is 0. The zero-order valence-electron chi connectivity index (χ0n) is 11.3. The number of carbonyl (C=O) groups excluding carboxylic acids is 1. The molecule has 1 aromatic rings. The Bertz CT molecular complexity index is 533. The van der Waals surface area contributed by atoms with Crippen LogP contribution in [0.1, 0.15) is 23.7 Å². The molecule has 0 bridgehead atoms. The zero-order valence-corrected chi connectivity index (χ0v) is 11.3. The number of rotatable bonds is 4. The maximum atomic E-state index is 12.2. The van der Waals surface area contributed by atoms with Gasteiger partial charge in [-0.3, -0.25) is 4.79 Å². The molecule has 0 radical (unpaired) electrons. The molecule has 0 saturated carbocycles. The van der Waals surface area contributed by atoms with Crippen molar-refractivity contribution < 1.29 is 19.4 Å². The highest BCUT2D eigenvalue weighted by molar-refractivity contribution is 5.94. The number of benzene rings is 1. The quantitative estimate of drug-likeness (QED) is 0.853. The number of hydrogen-bond acceptors (Lipinski definition) is 3. The molecule has 0 aliphatic carbocycles. The highest BCUT2D eigenvalue weighted by atomic mass is 16.5. The van der Waals surface area contributed by atoms with E-state index in [1.807, 2.05) is 0 Å². The molecule has 0 saturated heterocycles. The summed E-state index contributed by atoms with van der Waals surface area (Å²) >= 11 is 0. The predicted molar refractivity (Wildman–Crippen MR) is 73.9 cm³/mol. The Morgan fingerprint density at radius 1 is 1.30 bits per heavy atom. The molecule has 0 atom stereocenters. The average Bonchev–Trinajstić information content (AvgIpc) is 2.46. The maximum absolute atomic E-state index is 12.2. The third kappa shape index (κ3) is 3.60. The normalized spacial score (nSPS) is 14.7. The first-order chi connectivity index (χ1) is 9.56. The van der Waals surface area contributed by atoms with E-state index in [9.17, 15) is 9.59 Å². The molecular formula is C15H17NO4. The largest absolute Gasteiger partial charge is 0.482 e. The number of amides is 1. The number of carbonyl (C=O) groups is 2. The standard InChI is InChI=1S/C15H17NO4/c1-11-6-8-16(9-7-11)15(19)12-2-4-13(5-3-12)20-10-14(17)18/h2-6H,7-10H2,1H3,(H,17,18). The molecule has 1 heterocycles. The van der Waals surface area contributed by atoms with Crippen LogP contribution in [0.2, 0.25) is 0 Å². The SMILES string of the molecule is CC1=CCN(C(=O)c2ccc(OCC(=O)O)cc2)CC1. The molecule has 5 heteroatoms. The lowest BCUT2D eigenvalue weighted by Gasteiger charge is -2.25. The monoisotopic (exact) mass is 275 g/mol. The Balaban J connectivity index is 1.99. The molecule has 0 unspecified atom stereocenters. The van der Waals surface area contributed by atoms with Gasteiger partial charge in [0, 0.05) is 18.7 Å². The van der Waals surface area contributed by atoms with Crippen LogP contribution in [-0.4, -0.2) is 41.6 Å². The first kappa shape index (κ1) is 14.1. The lowest BCUT2D eigenvalue weighted by atomic mass is 10.1. The lowest BCUT2D eigenvalue weighted by Crippen LogP contribution is -2.34. The molecule has 2 rings (SSSR count). The number of aliphatic carboxylic acids is 1. The Morgan fingerprint density at radius 3 is 2.55 bits per heavy atom. The summed E-state index contributed by atoms with van der Waals surface area (Å²) in [6.45, 7) is 3.06. The number of carboxylic acid groups (broad SMARTS) is 1. The van der Waals surface area contributed by atoms with Crippen LogP contribution in [0.25, 0.3) is 0 Å². The van der Waals surface area contributed by atoms with Gasteiger partial charge in [0.25, 0.3) is 5.91 Å². The van der Waals surface area contributed by atoms with Crippen molar-refractivity contribution in [1.29, 1.82) is 0 Å². The van der Waals surface area contributed by atoms with Gasteiger partial charge >= 0.3 is 5.97 Å². The van der Waals surface area contributed by atoms with Crippen molar-refractivity contribution in [2.75, 3.05) is 19.7 Å². The van der Waals surface area contributed by atoms with Gasteiger partial charge in [-0.1, -0.05) is 11.6 Å². The van der Waals surface area contributed by atoms with Crippen LogP contribution in [-0.2, 0) is 4.79 Å². The van der Waals surface area contributed by atoms with Crippen molar-refractivity contribution in [1.82, 2.24) is 4.90 Å². The van der Waals surface area contributed by atoms with Crippen LogP contribution in [0.4, 0.5) is 0 Å². The third-order valence-electron chi connectivity index (χ3n) is 3.19. The Labute approximate surface area is 117 Å². The molecular weight excluding hydrogens is 258 g/mol. The van der Waals surface area contributed by atoms with Crippen molar-refractivity contribution in [2.24, 2.45) is 0 Å². The van der Waals surface area contributed by atoms with Gasteiger partial charge in [-0.2, -0.15) is 0 Å². The molecule has 0 spiro atoms. The fourth-order valence-corrected chi connectivity index (χ4v) is 1.98. The number of ether oxygens (including phenoxy) is 1. The van der Waals surface area contributed by atoms with E-state index in [1.165, 1.54) is 5.57 Å². The predicted octanol–water partition coefficient (Wildman–Crippen LogP) is 1.94. The number of carboxylic acids is 1. The van der Waals surface area contributed by atoms with Crippen molar-refractivity contribution in [3.8, 4) is 5.75 Å².